The molecule has 3 aromatic carbocycles. The second-order valence-electron chi connectivity index (χ2n) is 9.64. The van der Waals surface area contributed by atoms with Crippen molar-refractivity contribution in [3.05, 3.63) is 113 Å². The zero-order valence-corrected chi connectivity index (χ0v) is 21.2. The number of aliphatic hydroxyl groups excluding tert-OH is 1. The topological polar surface area (TPSA) is 33.1 Å². The number of aromatic nitrogens is 1. The van der Waals surface area contributed by atoms with Gasteiger partial charge in [0.2, 0.25) is 0 Å². The molecule has 0 fully saturated rings. The van der Waals surface area contributed by atoms with Crippen LogP contribution in [0.2, 0.25) is 0 Å². The Bertz CT molecular complexity index is 1150. The summed E-state index contributed by atoms with van der Waals surface area (Å²) in [5.74, 6) is 0.462. The van der Waals surface area contributed by atoms with Crippen LogP contribution in [0.25, 0.3) is 10.9 Å². The summed E-state index contributed by atoms with van der Waals surface area (Å²) >= 11 is 0. The van der Waals surface area contributed by atoms with E-state index in [9.17, 15) is 0 Å². The Hall–Kier alpha value is -2.97. The van der Waals surface area contributed by atoms with Crippen LogP contribution in [0, 0.1) is 6.92 Å². The highest BCUT2D eigenvalue weighted by Gasteiger charge is 2.09. The van der Waals surface area contributed by atoms with Crippen LogP contribution in [0.4, 0.5) is 0 Å². The van der Waals surface area contributed by atoms with Crippen LogP contribution in [0.5, 0.6) is 0 Å². The first-order valence-corrected chi connectivity index (χ1v) is 12.6. The van der Waals surface area contributed by atoms with Gasteiger partial charge in [-0.25, -0.2) is 0 Å². The van der Waals surface area contributed by atoms with Gasteiger partial charge in [0.15, 0.2) is 0 Å². The van der Waals surface area contributed by atoms with Gasteiger partial charge in [0.25, 0.3) is 0 Å². The number of hydrogen-bond donors (Lipinski definition) is 1. The summed E-state index contributed by atoms with van der Waals surface area (Å²) in [4.78, 5) is 4.91. The van der Waals surface area contributed by atoms with Crippen LogP contribution in [0.15, 0.2) is 84.9 Å². The number of unbranched alkanes of at least 4 members (excludes halogenated alkanes) is 1. The van der Waals surface area contributed by atoms with Crippen LogP contribution in [0.1, 0.15) is 67.5 Å². The highest BCUT2D eigenvalue weighted by atomic mass is 16.3. The third-order valence-electron chi connectivity index (χ3n) is 5.96. The lowest BCUT2D eigenvalue weighted by Crippen LogP contribution is -2.01. The maximum absolute atomic E-state index is 8.06. The Morgan fingerprint density at radius 2 is 1.38 bits per heavy atom. The van der Waals surface area contributed by atoms with Gasteiger partial charge in [-0.05, 0) is 93.2 Å². The summed E-state index contributed by atoms with van der Waals surface area (Å²) < 4.78 is 0. The lowest BCUT2D eigenvalue weighted by Gasteiger charge is -2.14. The van der Waals surface area contributed by atoms with Crippen molar-refractivity contribution in [1.29, 1.82) is 0 Å². The van der Waals surface area contributed by atoms with Gasteiger partial charge in [-0.1, -0.05) is 79.7 Å². The number of hydrogen-bond acceptors (Lipinski definition) is 2. The zero-order chi connectivity index (χ0) is 24.3. The number of nitrogens with zero attached hydrogens (tertiary/aromatic N) is 1. The second kappa shape index (κ2) is 13.1. The third-order valence-corrected chi connectivity index (χ3v) is 5.96. The average Bonchev–Trinajstić information content (AvgIpc) is 2.82. The second-order valence-corrected chi connectivity index (χ2v) is 9.64. The molecule has 1 heterocycles. The normalized spacial score (nSPS) is 11.8. The highest BCUT2D eigenvalue weighted by molar-refractivity contribution is 5.79. The molecule has 34 heavy (non-hydrogen) atoms. The smallest absolute Gasteiger partial charge is 0.0707 e. The summed E-state index contributed by atoms with van der Waals surface area (Å²) in [6.45, 7) is 7.89. The van der Waals surface area contributed by atoms with Crippen LogP contribution in [-0.4, -0.2) is 16.2 Å². The summed E-state index contributed by atoms with van der Waals surface area (Å²) in [6.07, 6.45) is 5.61. The van der Waals surface area contributed by atoms with Crippen LogP contribution >= 0.6 is 0 Å². The Labute approximate surface area is 205 Å². The molecular weight excluding hydrogens is 414 g/mol. The van der Waals surface area contributed by atoms with Crippen molar-refractivity contribution in [2.24, 2.45) is 0 Å². The van der Waals surface area contributed by atoms with Gasteiger partial charge in [0, 0.05) is 17.2 Å². The molecule has 0 bridgehead atoms. The van der Waals surface area contributed by atoms with E-state index in [1.54, 1.807) is 13.8 Å². The third kappa shape index (κ3) is 8.43. The summed E-state index contributed by atoms with van der Waals surface area (Å²) in [5, 5.41) is 9.27. The molecule has 1 aromatic heterocycles. The van der Waals surface area contributed by atoms with E-state index >= 15 is 0 Å². The molecule has 178 valence electrons. The Morgan fingerprint density at radius 1 is 0.735 bits per heavy atom. The van der Waals surface area contributed by atoms with E-state index in [1.165, 1.54) is 52.6 Å². The predicted octanol–water partition coefficient (Wildman–Crippen LogP) is 7.84. The van der Waals surface area contributed by atoms with Crippen molar-refractivity contribution in [3.63, 3.8) is 0 Å². The van der Waals surface area contributed by atoms with E-state index in [1.807, 2.05) is 0 Å². The van der Waals surface area contributed by atoms with Gasteiger partial charge >= 0.3 is 0 Å². The first-order chi connectivity index (χ1) is 16.4. The molecule has 0 amide bonds. The lowest BCUT2D eigenvalue weighted by molar-refractivity contribution is 0.216. The van der Waals surface area contributed by atoms with E-state index in [0.29, 0.717) is 5.92 Å². The van der Waals surface area contributed by atoms with Crippen LogP contribution in [-0.2, 0) is 19.3 Å². The number of rotatable bonds is 8. The monoisotopic (exact) mass is 453 g/mol. The van der Waals surface area contributed by atoms with Gasteiger partial charge in [0.1, 0.15) is 0 Å². The Balaban J connectivity index is 0.000000751. The fourth-order valence-corrected chi connectivity index (χ4v) is 4.17. The number of benzene rings is 3. The summed E-state index contributed by atoms with van der Waals surface area (Å²) in [5.41, 5.74) is 7.86. The molecule has 2 heteroatoms. The molecule has 0 aliphatic rings. The lowest BCUT2D eigenvalue weighted by atomic mass is 9.93. The minimum atomic E-state index is -0.167. The molecule has 1 N–H and O–H groups in total. The van der Waals surface area contributed by atoms with Crippen molar-refractivity contribution < 1.29 is 5.11 Å². The molecule has 0 spiro atoms. The molecule has 0 saturated carbocycles. The fourth-order valence-electron chi connectivity index (χ4n) is 4.17. The van der Waals surface area contributed by atoms with Crippen molar-refractivity contribution in [1.82, 2.24) is 4.98 Å². The maximum Gasteiger partial charge on any atom is 0.0707 e. The molecule has 4 rings (SSSR count). The standard InChI is InChI=1S/C29H31N.C3H8O/c1-22-15-16-26-17-18-28(30-29(26)19-22)20-23(2)27-14-8-13-25(21-27)12-7-6-11-24-9-4-3-5-10-24;1-3(2)4/h3-5,8-10,13-19,21,23H,6-7,11-12,20H2,1-2H3;3-4H,1-2H3. The maximum atomic E-state index is 8.06. The minimum Gasteiger partial charge on any atom is -0.394 e. The van der Waals surface area contributed by atoms with Crippen LogP contribution < -0.4 is 0 Å². The SMILES string of the molecule is CC(C)O.Cc1ccc2ccc(CC(C)c3cccc(CCCCc4ccccc4)c3)nc2c1. The fraction of sp³-hybridized carbons (Fsp3) is 0.344. The molecule has 1 unspecified atom stereocenters. The quantitative estimate of drug-likeness (QED) is 0.276. The molecule has 2 nitrogen and oxygen atoms in total. The first kappa shape index (κ1) is 25.6. The molecule has 0 aliphatic carbocycles. The van der Waals surface area contributed by atoms with Crippen molar-refractivity contribution in [3.8, 4) is 0 Å². The van der Waals surface area contributed by atoms with E-state index in [2.05, 4.69) is 98.8 Å². The Morgan fingerprint density at radius 3 is 2.12 bits per heavy atom. The Kier molecular flexibility index (Phi) is 9.85. The van der Waals surface area contributed by atoms with Gasteiger partial charge in [-0.2, -0.15) is 0 Å². The molecule has 0 radical (unpaired) electrons. The number of aryl methyl sites for hydroxylation is 3. The molecule has 0 saturated heterocycles. The molecular formula is C32H39NO. The predicted molar refractivity (Wildman–Crippen MR) is 145 cm³/mol. The van der Waals surface area contributed by atoms with Gasteiger partial charge in [0.05, 0.1) is 5.52 Å². The average molecular weight is 454 g/mol. The largest absolute Gasteiger partial charge is 0.394 e. The highest BCUT2D eigenvalue weighted by Crippen LogP contribution is 2.23. The van der Waals surface area contributed by atoms with E-state index in [0.717, 1.165) is 18.4 Å². The van der Waals surface area contributed by atoms with E-state index in [4.69, 9.17) is 10.1 Å². The van der Waals surface area contributed by atoms with Crippen LogP contribution in [0.3, 0.4) is 0 Å². The van der Waals surface area contributed by atoms with Gasteiger partial charge in [-0.3, -0.25) is 4.98 Å². The molecule has 4 aromatic rings. The van der Waals surface area contributed by atoms with E-state index < -0.39 is 0 Å². The van der Waals surface area contributed by atoms with Gasteiger partial charge in [-0.15, -0.1) is 0 Å². The van der Waals surface area contributed by atoms with Crippen molar-refractivity contribution >= 4 is 10.9 Å². The number of aliphatic hydroxyl groups is 1. The number of fused-ring (bicyclic) bond motifs is 1. The molecule has 1 atom stereocenters. The minimum absolute atomic E-state index is 0.167. The number of pyridine rings is 1. The first-order valence-electron chi connectivity index (χ1n) is 12.6. The van der Waals surface area contributed by atoms with Gasteiger partial charge < -0.3 is 5.11 Å². The van der Waals surface area contributed by atoms with Crippen molar-refractivity contribution in [2.45, 2.75) is 71.8 Å². The molecule has 0 aliphatic heterocycles. The van der Waals surface area contributed by atoms with E-state index in [-0.39, 0.29) is 6.10 Å². The summed E-state index contributed by atoms with van der Waals surface area (Å²) in [7, 11) is 0. The summed E-state index contributed by atoms with van der Waals surface area (Å²) in [6, 6.07) is 30.8. The zero-order valence-electron chi connectivity index (χ0n) is 21.2. The van der Waals surface area contributed by atoms with Crippen molar-refractivity contribution in [2.75, 3.05) is 0 Å².